The Morgan fingerprint density at radius 1 is 1.37 bits per heavy atom. The van der Waals surface area contributed by atoms with Crippen LogP contribution in [0.1, 0.15) is 37.8 Å². The lowest BCUT2D eigenvalue weighted by Gasteiger charge is -2.31. The summed E-state index contributed by atoms with van der Waals surface area (Å²) in [5, 5.41) is 0. The molecule has 0 spiro atoms. The summed E-state index contributed by atoms with van der Waals surface area (Å²) in [6.07, 6.45) is 3.06. The van der Waals surface area contributed by atoms with E-state index in [1.807, 2.05) is 17.9 Å². The molecule has 0 bridgehead atoms. The van der Waals surface area contributed by atoms with Crippen LogP contribution < -0.4 is 4.74 Å². The largest absolute Gasteiger partial charge is 0.494 e. The smallest absolute Gasteiger partial charge is 0.228 e. The minimum Gasteiger partial charge on any atom is -0.494 e. The standard InChI is InChI=1S/C16H21NO2/c1-3-19-14-5-4-12-6-9-17(11-13(12)10-14)15(18)16(2)7-8-16/h4-5,10H,3,6-9,11H2,1-2H3. The maximum Gasteiger partial charge on any atom is 0.228 e. The van der Waals surface area contributed by atoms with Crippen molar-refractivity contribution < 1.29 is 9.53 Å². The number of hydrogen-bond acceptors (Lipinski definition) is 2. The van der Waals surface area contributed by atoms with E-state index in [4.69, 9.17) is 4.74 Å². The topological polar surface area (TPSA) is 29.5 Å². The number of fused-ring (bicyclic) bond motifs is 1. The quantitative estimate of drug-likeness (QED) is 0.835. The summed E-state index contributed by atoms with van der Waals surface area (Å²) >= 11 is 0. The lowest BCUT2D eigenvalue weighted by molar-refractivity contribution is -0.137. The Morgan fingerprint density at radius 2 is 2.16 bits per heavy atom. The summed E-state index contributed by atoms with van der Waals surface area (Å²) in [4.78, 5) is 14.4. The Bertz CT molecular complexity index is 505. The molecular weight excluding hydrogens is 238 g/mol. The van der Waals surface area contributed by atoms with Gasteiger partial charge in [0.2, 0.25) is 5.91 Å². The van der Waals surface area contributed by atoms with Crippen molar-refractivity contribution in [1.29, 1.82) is 0 Å². The van der Waals surface area contributed by atoms with E-state index in [1.165, 1.54) is 11.1 Å². The van der Waals surface area contributed by atoms with Gasteiger partial charge >= 0.3 is 0 Å². The van der Waals surface area contributed by atoms with Crippen LogP contribution in [0.5, 0.6) is 5.75 Å². The number of nitrogens with zero attached hydrogens (tertiary/aromatic N) is 1. The predicted octanol–water partition coefficient (Wildman–Crippen LogP) is 2.77. The Hall–Kier alpha value is -1.51. The van der Waals surface area contributed by atoms with Crippen LogP contribution in [-0.2, 0) is 17.8 Å². The van der Waals surface area contributed by atoms with Crippen molar-refractivity contribution in [2.75, 3.05) is 13.2 Å². The van der Waals surface area contributed by atoms with Gasteiger partial charge in [-0.25, -0.2) is 0 Å². The van der Waals surface area contributed by atoms with Gasteiger partial charge in [0.05, 0.1) is 6.61 Å². The van der Waals surface area contributed by atoms with E-state index >= 15 is 0 Å². The fourth-order valence-electron chi connectivity index (χ4n) is 2.75. The molecule has 1 aliphatic heterocycles. The van der Waals surface area contributed by atoms with Crippen molar-refractivity contribution in [2.24, 2.45) is 5.41 Å². The highest BCUT2D eigenvalue weighted by Gasteiger charge is 2.47. The normalized spacial score (nSPS) is 19.8. The van der Waals surface area contributed by atoms with Crippen molar-refractivity contribution in [1.82, 2.24) is 4.90 Å². The van der Waals surface area contributed by atoms with Crippen LogP contribution in [0.3, 0.4) is 0 Å². The molecule has 0 radical (unpaired) electrons. The first-order chi connectivity index (χ1) is 9.12. The fourth-order valence-corrected chi connectivity index (χ4v) is 2.75. The second-order valence-corrected chi connectivity index (χ2v) is 5.90. The zero-order valence-corrected chi connectivity index (χ0v) is 11.7. The van der Waals surface area contributed by atoms with E-state index in [2.05, 4.69) is 19.1 Å². The summed E-state index contributed by atoms with van der Waals surface area (Å²) in [6, 6.07) is 6.26. The average molecular weight is 259 g/mol. The van der Waals surface area contributed by atoms with E-state index in [0.29, 0.717) is 12.5 Å². The number of carbonyl (C=O) groups excluding carboxylic acids is 1. The lowest BCUT2D eigenvalue weighted by Crippen LogP contribution is -2.39. The molecule has 3 rings (SSSR count). The molecule has 19 heavy (non-hydrogen) atoms. The second kappa shape index (κ2) is 4.55. The zero-order chi connectivity index (χ0) is 13.5. The van der Waals surface area contributed by atoms with Crippen LogP contribution in [-0.4, -0.2) is 24.0 Å². The first-order valence-electron chi connectivity index (χ1n) is 7.16. The third kappa shape index (κ3) is 2.34. The van der Waals surface area contributed by atoms with Gasteiger partial charge in [-0.15, -0.1) is 0 Å². The molecule has 1 saturated carbocycles. The molecule has 3 heteroatoms. The van der Waals surface area contributed by atoms with Crippen LogP contribution >= 0.6 is 0 Å². The Balaban J connectivity index is 1.78. The van der Waals surface area contributed by atoms with Crippen LogP contribution in [0, 0.1) is 5.41 Å². The zero-order valence-electron chi connectivity index (χ0n) is 11.7. The third-order valence-electron chi connectivity index (χ3n) is 4.30. The molecule has 0 N–H and O–H groups in total. The number of amides is 1. The molecule has 0 aromatic heterocycles. The maximum absolute atomic E-state index is 12.4. The van der Waals surface area contributed by atoms with E-state index in [-0.39, 0.29) is 5.41 Å². The predicted molar refractivity (Wildman–Crippen MR) is 74.1 cm³/mol. The van der Waals surface area contributed by atoms with Gasteiger partial charge < -0.3 is 9.64 Å². The van der Waals surface area contributed by atoms with E-state index < -0.39 is 0 Å². The van der Waals surface area contributed by atoms with E-state index in [9.17, 15) is 4.79 Å². The maximum atomic E-state index is 12.4. The molecule has 3 nitrogen and oxygen atoms in total. The highest BCUT2D eigenvalue weighted by atomic mass is 16.5. The Labute approximate surface area is 114 Å². The fraction of sp³-hybridized carbons (Fsp3) is 0.562. The number of rotatable bonds is 3. The monoisotopic (exact) mass is 259 g/mol. The van der Waals surface area contributed by atoms with E-state index in [1.54, 1.807) is 0 Å². The molecule has 0 atom stereocenters. The van der Waals surface area contributed by atoms with Gasteiger partial charge in [0.1, 0.15) is 5.75 Å². The van der Waals surface area contributed by atoms with Crippen molar-refractivity contribution in [3.63, 3.8) is 0 Å². The lowest BCUT2D eigenvalue weighted by atomic mass is 9.97. The number of benzene rings is 1. The summed E-state index contributed by atoms with van der Waals surface area (Å²) in [5.41, 5.74) is 2.54. The number of carbonyl (C=O) groups is 1. The summed E-state index contributed by atoms with van der Waals surface area (Å²) < 4.78 is 5.54. The van der Waals surface area contributed by atoms with Gasteiger partial charge in [-0.3, -0.25) is 4.79 Å². The van der Waals surface area contributed by atoms with Crippen LogP contribution in [0.2, 0.25) is 0 Å². The highest BCUT2D eigenvalue weighted by Crippen LogP contribution is 2.47. The van der Waals surface area contributed by atoms with Crippen LogP contribution in [0.4, 0.5) is 0 Å². The summed E-state index contributed by atoms with van der Waals surface area (Å²) in [6.45, 7) is 6.35. The van der Waals surface area contributed by atoms with E-state index in [0.717, 1.165) is 38.1 Å². The Kier molecular flexibility index (Phi) is 3.00. The molecule has 1 heterocycles. The molecule has 1 fully saturated rings. The van der Waals surface area contributed by atoms with Crippen molar-refractivity contribution in [3.05, 3.63) is 29.3 Å². The number of ether oxygens (including phenoxy) is 1. The van der Waals surface area contributed by atoms with Gasteiger partial charge in [0.15, 0.2) is 0 Å². The molecule has 1 aliphatic carbocycles. The van der Waals surface area contributed by atoms with Crippen molar-refractivity contribution >= 4 is 5.91 Å². The highest BCUT2D eigenvalue weighted by molar-refractivity contribution is 5.85. The third-order valence-corrected chi connectivity index (χ3v) is 4.30. The molecule has 0 unspecified atom stereocenters. The average Bonchev–Trinajstić information content (AvgIpc) is 3.17. The van der Waals surface area contributed by atoms with Crippen LogP contribution in [0.15, 0.2) is 18.2 Å². The minimum absolute atomic E-state index is 0.0605. The van der Waals surface area contributed by atoms with Gasteiger partial charge in [-0.05, 0) is 49.4 Å². The molecule has 102 valence electrons. The van der Waals surface area contributed by atoms with Gasteiger partial charge in [0.25, 0.3) is 0 Å². The van der Waals surface area contributed by atoms with Crippen molar-refractivity contribution in [2.45, 2.75) is 39.7 Å². The summed E-state index contributed by atoms with van der Waals surface area (Å²) in [5.74, 6) is 1.24. The van der Waals surface area contributed by atoms with Gasteiger partial charge in [0, 0.05) is 18.5 Å². The van der Waals surface area contributed by atoms with Crippen LogP contribution in [0.25, 0.3) is 0 Å². The second-order valence-electron chi connectivity index (χ2n) is 5.90. The number of hydrogen-bond donors (Lipinski definition) is 0. The molecule has 2 aliphatic rings. The molecular formula is C16H21NO2. The molecule has 0 saturated heterocycles. The first-order valence-corrected chi connectivity index (χ1v) is 7.16. The summed E-state index contributed by atoms with van der Waals surface area (Å²) in [7, 11) is 0. The molecule has 1 aromatic rings. The van der Waals surface area contributed by atoms with Gasteiger partial charge in [-0.2, -0.15) is 0 Å². The van der Waals surface area contributed by atoms with Gasteiger partial charge in [-0.1, -0.05) is 13.0 Å². The SMILES string of the molecule is CCOc1ccc2c(c1)CN(C(=O)C1(C)CC1)CC2. The minimum atomic E-state index is -0.0605. The van der Waals surface area contributed by atoms with Crippen molar-refractivity contribution in [3.8, 4) is 5.75 Å². The molecule has 1 aromatic carbocycles. The first kappa shape index (κ1) is 12.5. The molecule has 1 amide bonds. The Morgan fingerprint density at radius 3 is 2.84 bits per heavy atom.